The van der Waals surface area contributed by atoms with E-state index < -0.39 is 0 Å². The summed E-state index contributed by atoms with van der Waals surface area (Å²) in [6, 6.07) is 5.95. The molecule has 3 nitrogen and oxygen atoms in total. The molecule has 0 aromatic heterocycles. The van der Waals surface area contributed by atoms with Crippen molar-refractivity contribution in [2.24, 2.45) is 0 Å². The van der Waals surface area contributed by atoms with Gasteiger partial charge in [0.1, 0.15) is 0 Å². The number of hydrogen-bond donors (Lipinski definition) is 1. The second-order valence-corrected chi connectivity index (χ2v) is 4.19. The number of ether oxygens (including phenoxy) is 1. The first kappa shape index (κ1) is 12.3. The van der Waals surface area contributed by atoms with Crippen molar-refractivity contribution in [3.63, 3.8) is 0 Å². The van der Waals surface area contributed by atoms with Gasteiger partial charge in [-0.15, -0.1) is 0 Å². The zero-order valence-electron chi connectivity index (χ0n) is 9.16. The van der Waals surface area contributed by atoms with Gasteiger partial charge in [0.05, 0.1) is 18.0 Å². The van der Waals surface area contributed by atoms with E-state index in [0.717, 1.165) is 28.9 Å². The fourth-order valence-electron chi connectivity index (χ4n) is 1.46. The molecule has 0 heterocycles. The van der Waals surface area contributed by atoms with E-state index in [4.69, 9.17) is 10.5 Å². The van der Waals surface area contributed by atoms with Crippen LogP contribution in [0.15, 0.2) is 22.7 Å². The maximum atomic E-state index is 5.96. The molecule has 1 aromatic rings. The van der Waals surface area contributed by atoms with Crippen molar-refractivity contribution in [2.75, 3.05) is 37.4 Å². The van der Waals surface area contributed by atoms with Gasteiger partial charge in [0.25, 0.3) is 0 Å². The lowest BCUT2D eigenvalue weighted by Gasteiger charge is -2.24. The van der Waals surface area contributed by atoms with Gasteiger partial charge in [-0.2, -0.15) is 0 Å². The van der Waals surface area contributed by atoms with Crippen molar-refractivity contribution < 1.29 is 4.74 Å². The van der Waals surface area contributed by atoms with Gasteiger partial charge >= 0.3 is 0 Å². The number of anilines is 2. The second kappa shape index (κ2) is 5.98. The molecule has 0 bridgehead atoms. The summed E-state index contributed by atoms with van der Waals surface area (Å²) < 4.78 is 6.07. The average molecular weight is 273 g/mol. The molecule has 0 saturated carbocycles. The van der Waals surface area contributed by atoms with Gasteiger partial charge in [0.2, 0.25) is 0 Å². The number of rotatable bonds is 5. The summed E-state index contributed by atoms with van der Waals surface area (Å²) in [5, 5.41) is 0. The number of halogens is 1. The van der Waals surface area contributed by atoms with Crippen molar-refractivity contribution in [3.8, 4) is 0 Å². The first-order valence-corrected chi connectivity index (χ1v) is 5.77. The predicted octanol–water partition coefficient (Wildman–Crippen LogP) is 2.50. The third-order valence-electron chi connectivity index (χ3n) is 2.28. The Kier molecular flexibility index (Phi) is 4.91. The van der Waals surface area contributed by atoms with Gasteiger partial charge < -0.3 is 15.4 Å². The lowest BCUT2D eigenvalue weighted by atomic mass is 10.2. The van der Waals surface area contributed by atoms with E-state index in [2.05, 4.69) is 27.8 Å². The van der Waals surface area contributed by atoms with E-state index in [-0.39, 0.29) is 0 Å². The fraction of sp³-hybridized carbons (Fsp3) is 0.455. The lowest BCUT2D eigenvalue weighted by molar-refractivity contribution is 0.205. The molecule has 0 amide bonds. The van der Waals surface area contributed by atoms with Crippen LogP contribution in [-0.2, 0) is 4.74 Å². The molecule has 0 aliphatic carbocycles. The number of nitrogens with two attached hydrogens (primary N) is 1. The van der Waals surface area contributed by atoms with E-state index in [1.54, 1.807) is 7.11 Å². The van der Waals surface area contributed by atoms with Crippen LogP contribution in [0.1, 0.15) is 6.92 Å². The highest BCUT2D eigenvalue weighted by Gasteiger charge is 2.07. The highest BCUT2D eigenvalue weighted by atomic mass is 79.9. The van der Waals surface area contributed by atoms with E-state index >= 15 is 0 Å². The molecule has 1 rings (SSSR count). The second-order valence-electron chi connectivity index (χ2n) is 3.28. The molecule has 0 unspecified atom stereocenters. The summed E-state index contributed by atoms with van der Waals surface area (Å²) in [6.07, 6.45) is 0. The van der Waals surface area contributed by atoms with Crippen molar-refractivity contribution in [1.82, 2.24) is 0 Å². The minimum Gasteiger partial charge on any atom is -0.397 e. The summed E-state index contributed by atoms with van der Waals surface area (Å²) in [5.74, 6) is 0. The zero-order valence-corrected chi connectivity index (χ0v) is 10.8. The van der Waals surface area contributed by atoms with Gasteiger partial charge in [-0.3, -0.25) is 0 Å². The van der Waals surface area contributed by atoms with Crippen LogP contribution in [0.2, 0.25) is 0 Å². The first-order chi connectivity index (χ1) is 7.19. The topological polar surface area (TPSA) is 38.5 Å². The fourth-order valence-corrected chi connectivity index (χ4v) is 1.84. The molecule has 2 N–H and O–H groups in total. The van der Waals surface area contributed by atoms with Crippen LogP contribution in [0.25, 0.3) is 0 Å². The van der Waals surface area contributed by atoms with E-state index in [1.807, 2.05) is 18.2 Å². The van der Waals surface area contributed by atoms with E-state index in [9.17, 15) is 0 Å². The molecule has 4 heteroatoms. The normalized spacial score (nSPS) is 10.3. The Morgan fingerprint density at radius 1 is 1.47 bits per heavy atom. The molecule has 1 aromatic carbocycles. The Morgan fingerprint density at radius 3 is 2.73 bits per heavy atom. The number of hydrogen-bond acceptors (Lipinski definition) is 3. The smallest absolute Gasteiger partial charge is 0.0637 e. The molecule has 0 fully saturated rings. The Labute approximate surface area is 99.3 Å². The maximum Gasteiger partial charge on any atom is 0.0637 e. The van der Waals surface area contributed by atoms with Crippen LogP contribution in [-0.4, -0.2) is 26.8 Å². The molecule has 0 spiro atoms. The summed E-state index contributed by atoms with van der Waals surface area (Å²) in [5.41, 5.74) is 7.82. The third kappa shape index (κ3) is 3.39. The Morgan fingerprint density at radius 2 is 2.20 bits per heavy atom. The molecule has 0 atom stereocenters. The van der Waals surface area contributed by atoms with Crippen LogP contribution < -0.4 is 10.6 Å². The van der Waals surface area contributed by atoms with E-state index in [0.29, 0.717) is 6.61 Å². The largest absolute Gasteiger partial charge is 0.397 e. The first-order valence-electron chi connectivity index (χ1n) is 4.98. The Hall–Kier alpha value is -0.740. The molecule has 0 radical (unpaired) electrons. The highest BCUT2D eigenvalue weighted by Crippen LogP contribution is 2.26. The number of likely N-dealkylation sites (N-methyl/N-ethyl adjacent to an activating group) is 1. The van der Waals surface area contributed by atoms with Crippen molar-refractivity contribution in [3.05, 3.63) is 22.7 Å². The minimum atomic E-state index is 0.712. The molecular weight excluding hydrogens is 256 g/mol. The maximum absolute atomic E-state index is 5.96. The van der Waals surface area contributed by atoms with Crippen LogP contribution in [0, 0.1) is 0 Å². The van der Waals surface area contributed by atoms with Crippen LogP contribution in [0.3, 0.4) is 0 Å². The standard InChI is InChI=1S/C11H17BrN2O/c1-3-14(6-7-15-2)11-5-4-9(12)8-10(11)13/h4-5,8H,3,6-7,13H2,1-2H3. The summed E-state index contributed by atoms with van der Waals surface area (Å²) in [7, 11) is 1.71. The van der Waals surface area contributed by atoms with Crippen LogP contribution in [0.5, 0.6) is 0 Å². The molecule has 0 saturated heterocycles. The van der Waals surface area contributed by atoms with E-state index in [1.165, 1.54) is 0 Å². The number of methoxy groups -OCH3 is 1. The molecular formula is C11H17BrN2O. The predicted molar refractivity (Wildman–Crippen MR) is 68.3 cm³/mol. The molecule has 0 aliphatic heterocycles. The number of nitrogens with zero attached hydrogens (tertiary/aromatic N) is 1. The zero-order chi connectivity index (χ0) is 11.3. The van der Waals surface area contributed by atoms with Crippen molar-refractivity contribution >= 4 is 27.3 Å². The van der Waals surface area contributed by atoms with Crippen molar-refractivity contribution in [2.45, 2.75) is 6.92 Å². The number of benzene rings is 1. The molecule has 15 heavy (non-hydrogen) atoms. The lowest BCUT2D eigenvalue weighted by Crippen LogP contribution is -2.27. The summed E-state index contributed by atoms with van der Waals surface area (Å²) in [4.78, 5) is 2.20. The van der Waals surface area contributed by atoms with Crippen LogP contribution in [0.4, 0.5) is 11.4 Å². The van der Waals surface area contributed by atoms with Gasteiger partial charge in [-0.05, 0) is 25.1 Å². The van der Waals surface area contributed by atoms with Gasteiger partial charge in [-0.1, -0.05) is 15.9 Å². The average Bonchev–Trinajstić information content (AvgIpc) is 2.21. The Balaban J connectivity index is 2.81. The molecule has 84 valence electrons. The van der Waals surface area contributed by atoms with Gasteiger partial charge in [0, 0.05) is 24.7 Å². The van der Waals surface area contributed by atoms with Crippen molar-refractivity contribution in [1.29, 1.82) is 0 Å². The summed E-state index contributed by atoms with van der Waals surface area (Å²) >= 11 is 3.40. The number of nitrogen functional groups attached to an aromatic ring is 1. The third-order valence-corrected chi connectivity index (χ3v) is 2.77. The van der Waals surface area contributed by atoms with Crippen LogP contribution >= 0.6 is 15.9 Å². The SMILES string of the molecule is CCN(CCOC)c1ccc(Br)cc1N. The van der Waals surface area contributed by atoms with Gasteiger partial charge in [0.15, 0.2) is 0 Å². The monoisotopic (exact) mass is 272 g/mol. The quantitative estimate of drug-likeness (QED) is 0.838. The summed E-state index contributed by atoms with van der Waals surface area (Å²) in [6.45, 7) is 4.61. The highest BCUT2D eigenvalue weighted by molar-refractivity contribution is 9.10. The minimum absolute atomic E-state index is 0.712. The van der Waals surface area contributed by atoms with Gasteiger partial charge in [-0.25, -0.2) is 0 Å². The Bertz CT molecular complexity index is 317. The molecule has 0 aliphatic rings.